The quantitative estimate of drug-likeness (QED) is 0.380. The molecule has 0 saturated heterocycles. The van der Waals surface area contributed by atoms with Crippen molar-refractivity contribution < 1.29 is 9.21 Å². The van der Waals surface area contributed by atoms with Crippen LogP contribution in [0.2, 0.25) is 0 Å². The zero-order chi connectivity index (χ0) is 19.7. The van der Waals surface area contributed by atoms with Crippen molar-refractivity contribution in [3.8, 4) is 0 Å². The molecule has 0 bridgehead atoms. The summed E-state index contributed by atoms with van der Waals surface area (Å²) in [6, 6.07) is 9.88. The molecule has 0 spiro atoms. The molecule has 1 N–H and O–H groups in total. The number of rotatable bonds is 6. The number of aromatic amines is 1. The van der Waals surface area contributed by atoms with Crippen LogP contribution in [0.25, 0.3) is 10.2 Å². The number of fused-ring (bicyclic) bond motifs is 1. The molecule has 0 aliphatic heterocycles. The standard InChI is InChI=1S/C19H16N4O3S2/c1-10-15-17(25)20-13(21-18(15)28-16(10)11(2)24)9-27-19-23-22-14(26-19)8-12-6-4-3-5-7-12/h3-7H,8-9H2,1-2H3,(H,20,21,25). The monoisotopic (exact) mass is 412 g/mol. The Morgan fingerprint density at radius 1 is 1.25 bits per heavy atom. The van der Waals surface area contributed by atoms with Crippen LogP contribution in [0.5, 0.6) is 0 Å². The van der Waals surface area contributed by atoms with E-state index < -0.39 is 0 Å². The van der Waals surface area contributed by atoms with Gasteiger partial charge in [0.25, 0.3) is 10.8 Å². The lowest BCUT2D eigenvalue weighted by Crippen LogP contribution is -2.11. The van der Waals surface area contributed by atoms with Crippen LogP contribution in [0.4, 0.5) is 0 Å². The number of carbonyl (C=O) groups excluding carboxylic acids is 1. The maximum atomic E-state index is 12.4. The molecule has 142 valence electrons. The fraction of sp³-hybridized carbons (Fsp3) is 0.211. The Morgan fingerprint density at radius 3 is 2.79 bits per heavy atom. The van der Waals surface area contributed by atoms with Gasteiger partial charge in [-0.25, -0.2) is 4.98 Å². The summed E-state index contributed by atoms with van der Waals surface area (Å²) in [4.78, 5) is 32.5. The molecule has 9 heteroatoms. The normalized spacial score (nSPS) is 11.2. The number of thiophene rings is 1. The molecule has 0 radical (unpaired) electrons. The zero-order valence-electron chi connectivity index (χ0n) is 15.2. The maximum Gasteiger partial charge on any atom is 0.277 e. The first kappa shape index (κ1) is 18.6. The Labute approximate surface area is 168 Å². The fourth-order valence-electron chi connectivity index (χ4n) is 2.86. The van der Waals surface area contributed by atoms with Gasteiger partial charge in [-0.05, 0) is 25.0 Å². The summed E-state index contributed by atoms with van der Waals surface area (Å²) >= 11 is 2.55. The Kier molecular flexibility index (Phi) is 5.10. The number of nitrogens with one attached hydrogen (secondary N) is 1. The van der Waals surface area contributed by atoms with E-state index in [1.165, 1.54) is 30.0 Å². The van der Waals surface area contributed by atoms with Gasteiger partial charge in [0.2, 0.25) is 5.89 Å². The van der Waals surface area contributed by atoms with Crippen LogP contribution < -0.4 is 5.56 Å². The first-order valence-corrected chi connectivity index (χ1v) is 10.3. The largest absolute Gasteiger partial charge is 0.416 e. The van der Waals surface area contributed by atoms with E-state index in [1.807, 2.05) is 30.3 Å². The number of benzene rings is 1. The molecule has 3 heterocycles. The van der Waals surface area contributed by atoms with Crippen molar-refractivity contribution in [3.05, 3.63) is 68.4 Å². The van der Waals surface area contributed by atoms with Crippen LogP contribution in [0, 0.1) is 6.92 Å². The molecule has 0 atom stereocenters. The number of Topliss-reactive ketones (excluding diaryl/α,β-unsaturated/α-hetero) is 1. The topological polar surface area (TPSA) is 102 Å². The molecule has 1 aromatic carbocycles. The van der Waals surface area contributed by atoms with Gasteiger partial charge in [0, 0.05) is 0 Å². The molecular formula is C19H16N4O3S2. The highest BCUT2D eigenvalue weighted by Gasteiger charge is 2.17. The number of thioether (sulfide) groups is 1. The van der Waals surface area contributed by atoms with E-state index in [4.69, 9.17) is 4.42 Å². The van der Waals surface area contributed by atoms with Crippen LogP contribution in [-0.4, -0.2) is 25.9 Å². The van der Waals surface area contributed by atoms with E-state index in [0.717, 1.165) is 5.56 Å². The number of H-pyrrole nitrogens is 1. The first-order chi connectivity index (χ1) is 13.5. The highest BCUT2D eigenvalue weighted by Crippen LogP contribution is 2.28. The average Bonchev–Trinajstić information content (AvgIpc) is 3.25. The molecule has 0 amide bonds. The number of hydrogen-bond acceptors (Lipinski definition) is 8. The van der Waals surface area contributed by atoms with E-state index in [0.29, 0.717) is 49.8 Å². The van der Waals surface area contributed by atoms with Gasteiger partial charge in [0.1, 0.15) is 10.7 Å². The van der Waals surface area contributed by atoms with E-state index in [-0.39, 0.29) is 11.3 Å². The SMILES string of the molecule is CC(=O)c1sc2nc(CSc3nnc(Cc4ccccc4)o3)[nH]c(=O)c2c1C. The predicted octanol–water partition coefficient (Wildman–Crippen LogP) is 3.76. The van der Waals surface area contributed by atoms with Crippen molar-refractivity contribution >= 4 is 39.1 Å². The fourth-order valence-corrected chi connectivity index (χ4v) is 4.61. The smallest absolute Gasteiger partial charge is 0.277 e. The third-order valence-electron chi connectivity index (χ3n) is 4.15. The van der Waals surface area contributed by atoms with Crippen LogP contribution in [0.3, 0.4) is 0 Å². The van der Waals surface area contributed by atoms with Gasteiger partial charge in [-0.15, -0.1) is 21.5 Å². The number of aromatic nitrogens is 4. The van der Waals surface area contributed by atoms with Crippen molar-refractivity contribution in [3.63, 3.8) is 0 Å². The van der Waals surface area contributed by atoms with Gasteiger partial charge in [0.15, 0.2) is 5.78 Å². The van der Waals surface area contributed by atoms with Gasteiger partial charge in [0.05, 0.1) is 22.4 Å². The van der Waals surface area contributed by atoms with E-state index in [2.05, 4.69) is 20.2 Å². The van der Waals surface area contributed by atoms with E-state index >= 15 is 0 Å². The van der Waals surface area contributed by atoms with Crippen molar-refractivity contribution in [2.24, 2.45) is 0 Å². The minimum atomic E-state index is -0.239. The Morgan fingerprint density at radius 2 is 2.04 bits per heavy atom. The van der Waals surface area contributed by atoms with Crippen molar-refractivity contribution in [1.82, 2.24) is 20.2 Å². The summed E-state index contributed by atoms with van der Waals surface area (Å²) in [5, 5.41) is 8.99. The predicted molar refractivity (Wildman–Crippen MR) is 108 cm³/mol. The molecule has 0 aliphatic carbocycles. The van der Waals surface area contributed by atoms with Crippen LogP contribution in [0.15, 0.2) is 44.8 Å². The lowest BCUT2D eigenvalue weighted by Gasteiger charge is -1.99. The van der Waals surface area contributed by atoms with E-state index in [9.17, 15) is 9.59 Å². The van der Waals surface area contributed by atoms with Gasteiger partial charge >= 0.3 is 0 Å². The third-order valence-corrected chi connectivity index (χ3v) is 6.26. The molecule has 28 heavy (non-hydrogen) atoms. The third kappa shape index (κ3) is 3.76. The number of nitrogens with zero attached hydrogens (tertiary/aromatic N) is 3. The summed E-state index contributed by atoms with van der Waals surface area (Å²) in [5.74, 6) is 1.35. The second-order valence-corrected chi connectivity index (χ2v) is 8.14. The number of carbonyl (C=O) groups is 1. The summed E-state index contributed by atoms with van der Waals surface area (Å²) in [7, 11) is 0. The number of hydrogen-bond donors (Lipinski definition) is 1. The van der Waals surface area contributed by atoms with Gasteiger partial charge in [-0.2, -0.15) is 0 Å². The Hall–Kier alpha value is -2.78. The first-order valence-electron chi connectivity index (χ1n) is 8.53. The number of aryl methyl sites for hydroxylation is 1. The minimum Gasteiger partial charge on any atom is -0.416 e. The van der Waals surface area contributed by atoms with Gasteiger partial charge < -0.3 is 9.40 Å². The van der Waals surface area contributed by atoms with Gasteiger partial charge in [-0.3, -0.25) is 9.59 Å². The summed E-state index contributed by atoms with van der Waals surface area (Å²) in [5.41, 5.74) is 1.54. The molecule has 4 aromatic rings. The van der Waals surface area contributed by atoms with Crippen LogP contribution in [0.1, 0.15) is 39.4 Å². The molecule has 7 nitrogen and oxygen atoms in total. The average molecular weight is 412 g/mol. The van der Waals surface area contributed by atoms with Gasteiger partial charge in [-0.1, -0.05) is 42.1 Å². The summed E-state index contributed by atoms with van der Waals surface area (Å²) in [6.45, 7) is 3.26. The summed E-state index contributed by atoms with van der Waals surface area (Å²) < 4.78 is 5.66. The molecule has 0 fully saturated rings. The highest BCUT2D eigenvalue weighted by molar-refractivity contribution is 7.98. The van der Waals surface area contributed by atoms with E-state index in [1.54, 1.807) is 6.92 Å². The lowest BCUT2D eigenvalue weighted by molar-refractivity contribution is 0.102. The van der Waals surface area contributed by atoms with Crippen molar-refractivity contribution in [2.75, 3.05) is 0 Å². The van der Waals surface area contributed by atoms with Crippen LogP contribution in [-0.2, 0) is 12.2 Å². The summed E-state index contributed by atoms with van der Waals surface area (Å²) in [6.07, 6.45) is 0.567. The molecule has 0 saturated carbocycles. The van der Waals surface area contributed by atoms with Crippen molar-refractivity contribution in [2.45, 2.75) is 31.2 Å². The minimum absolute atomic E-state index is 0.0624. The maximum absolute atomic E-state index is 12.4. The molecule has 4 rings (SSSR count). The Balaban J connectivity index is 1.50. The second kappa shape index (κ2) is 7.69. The van der Waals surface area contributed by atoms with Crippen LogP contribution >= 0.6 is 23.1 Å². The molecule has 0 unspecified atom stereocenters. The second-order valence-electron chi connectivity index (χ2n) is 6.22. The molecule has 3 aromatic heterocycles. The van der Waals surface area contributed by atoms with Crippen molar-refractivity contribution in [1.29, 1.82) is 0 Å². The highest BCUT2D eigenvalue weighted by atomic mass is 32.2. The lowest BCUT2D eigenvalue weighted by atomic mass is 10.2. The Bertz CT molecular complexity index is 1210. The molecular weight excluding hydrogens is 396 g/mol. The number of ketones is 1. The zero-order valence-corrected chi connectivity index (χ0v) is 16.8. The molecule has 0 aliphatic rings.